The number of rotatable bonds is 2. The third-order valence-electron chi connectivity index (χ3n) is 2.92. The topological polar surface area (TPSA) is 49.4 Å². The second kappa shape index (κ2) is 5.30. The van der Waals surface area contributed by atoms with E-state index < -0.39 is 24.0 Å². The Balaban J connectivity index is 2.54. The first kappa shape index (κ1) is 15.6. The second-order valence-electron chi connectivity index (χ2n) is 4.33. The molecule has 0 aliphatic carbocycles. The van der Waals surface area contributed by atoms with Gasteiger partial charge >= 0.3 is 18.0 Å². The van der Waals surface area contributed by atoms with E-state index >= 15 is 0 Å². The number of carbonyl (C=O) groups is 2. The van der Waals surface area contributed by atoms with Gasteiger partial charge in [-0.2, -0.15) is 22.0 Å². The number of piperidine rings is 1. The van der Waals surface area contributed by atoms with Gasteiger partial charge in [-0.05, 0) is 12.8 Å². The van der Waals surface area contributed by atoms with E-state index in [1.54, 1.807) is 5.32 Å². The summed E-state index contributed by atoms with van der Waals surface area (Å²) in [5, 5.41) is 1.68. The van der Waals surface area contributed by atoms with Gasteiger partial charge in [-0.3, -0.25) is 9.59 Å². The summed E-state index contributed by atoms with van der Waals surface area (Å²) in [4.78, 5) is 23.4. The number of carbonyl (C=O) groups excluding carboxylic acids is 2. The fourth-order valence-electron chi connectivity index (χ4n) is 1.74. The fourth-order valence-corrected chi connectivity index (χ4v) is 1.74. The molecule has 0 bridgehead atoms. The zero-order chi connectivity index (χ0) is 14.8. The molecule has 0 aromatic carbocycles. The van der Waals surface area contributed by atoms with E-state index in [2.05, 4.69) is 0 Å². The lowest BCUT2D eigenvalue weighted by atomic mass is 10.0. The van der Waals surface area contributed by atoms with Crippen LogP contribution in [0, 0.1) is 0 Å². The number of amides is 2. The van der Waals surface area contributed by atoms with E-state index in [0.717, 1.165) is 0 Å². The van der Waals surface area contributed by atoms with Gasteiger partial charge in [0.15, 0.2) is 0 Å². The number of alkyl halides is 5. The molecule has 1 saturated heterocycles. The van der Waals surface area contributed by atoms with Gasteiger partial charge in [0.1, 0.15) is 0 Å². The molecule has 1 aliphatic rings. The minimum Gasteiger partial charge on any atom is -0.348 e. The Morgan fingerprint density at radius 2 is 1.58 bits per heavy atom. The van der Waals surface area contributed by atoms with Crippen molar-refractivity contribution in [1.29, 1.82) is 0 Å². The quantitative estimate of drug-likeness (QED) is 0.779. The molecule has 1 fully saturated rings. The van der Waals surface area contributed by atoms with E-state index in [-0.39, 0.29) is 31.8 Å². The Bertz CT molecular complexity index is 361. The number of likely N-dealkylation sites (tertiary alicyclic amines) is 1. The van der Waals surface area contributed by atoms with E-state index in [1.807, 2.05) is 0 Å². The van der Waals surface area contributed by atoms with Crippen molar-refractivity contribution in [3.63, 3.8) is 0 Å². The van der Waals surface area contributed by atoms with E-state index in [1.165, 1.54) is 11.8 Å². The highest BCUT2D eigenvalue weighted by molar-refractivity contribution is 5.84. The predicted octanol–water partition coefficient (Wildman–Crippen LogP) is 1.31. The second-order valence-corrected chi connectivity index (χ2v) is 4.33. The summed E-state index contributed by atoms with van der Waals surface area (Å²) in [6.45, 7) is 1.77. The molecule has 19 heavy (non-hydrogen) atoms. The maximum absolute atomic E-state index is 12.7. The van der Waals surface area contributed by atoms with Crippen LogP contribution < -0.4 is 5.32 Å². The van der Waals surface area contributed by atoms with Gasteiger partial charge < -0.3 is 10.2 Å². The third kappa shape index (κ3) is 3.54. The highest BCUT2D eigenvalue weighted by Crippen LogP contribution is 2.35. The minimum atomic E-state index is -5.91. The van der Waals surface area contributed by atoms with Crippen LogP contribution in [0.25, 0.3) is 0 Å². The summed E-state index contributed by atoms with van der Waals surface area (Å²) in [5.74, 6) is -7.95. The lowest BCUT2D eigenvalue weighted by Crippen LogP contribution is -2.55. The van der Waals surface area contributed by atoms with Gasteiger partial charge in [0.05, 0.1) is 0 Å². The van der Waals surface area contributed by atoms with Gasteiger partial charge in [-0.1, -0.05) is 0 Å². The average molecular weight is 288 g/mol. The highest BCUT2D eigenvalue weighted by Gasteiger charge is 2.63. The van der Waals surface area contributed by atoms with Gasteiger partial charge in [-0.25, -0.2) is 0 Å². The van der Waals surface area contributed by atoms with Crippen LogP contribution in [-0.4, -0.2) is 47.9 Å². The summed E-state index contributed by atoms with van der Waals surface area (Å²) in [5.41, 5.74) is 0. The number of nitrogens with one attached hydrogen (secondary N) is 1. The van der Waals surface area contributed by atoms with Crippen LogP contribution in [0.5, 0.6) is 0 Å². The van der Waals surface area contributed by atoms with Crippen LogP contribution in [0.2, 0.25) is 0 Å². The van der Waals surface area contributed by atoms with Gasteiger partial charge in [0.2, 0.25) is 5.91 Å². The molecule has 1 rings (SSSR count). The van der Waals surface area contributed by atoms with Crippen molar-refractivity contribution in [2.24, 2.45) is 0 Å². The number of nitrogens with zero attached hydrogens (tertiary/aromatic N) is 1. The molecule has 110 valence electrons. The lowest BCUT2D eigenvalue weighted by molar-refractivity contribution is -0.270. The molecular formula is C10H13F5N2O2. The third-order valence-corrected chi connectivity index (χ3v) is 2.92. The maximum Gasteiger partial charge on any atom is 0.463 e. The van der Waals surface area contributed by atoms with Crippen LogP contribution in [0.4, 0.5) is 22.0 Å². The van der Waals surface area contributed by atoms with Crippen molar-refractivity contribution in [3.8, 4) is 0 Å². The largest absolute Gasteiger partial charge is 0.463 e. The van der Waals surface area contributed by atoms with Crippen molar-refractivity contribution >= 4 is 11.8 Å². The van der Waals surface area contributed by atoms with Crippen molar-refractivity contribution in [1.82, 2.24) is 10.2 Å². The first-order valence-corrected chi connectivity index (χ1v) is 5.56. The molecule has 0 aromatic heterocycles. The molecule has 0 atom stereocenters. The Kier molecular flexibility index (Phi) is 4.36. The standard InChI is InChI=1S/C10H13F5N2O2/c1-6(18)17-4-2-7(3-5-17)16-8(19)9(11,12)10(13,14)15/h7H,2-5H2,1H3,(H,16,19). The summed E-state index contributed by atoms with van der Waals surface area (Å²) in [6, 6.07) is -0.781. The zero-order valence-corrected chi connectivity index (χ0v) is 10.1. The number of hydrogen-bond donors (Lipinski definition) is 1. The zero-order valence-electron chi connectivity index (χ0n) is 10.1. The minimum absolute atomic E-state index is 0.152. The van der Waals surface area contributed by atoms with Gasteiger partial charge in [0, 0.05) is 26.1 Å². The van der Waals surface area contributed by atoms with Crippen molar-refractivity contribution < 1.29 is 31.5 Å². The van der Waals surface area contributed by atoms with Crippen LogP contribution >= 0.6 is 0 Å². The molecule has 4 nitrogen and oxygen atoms in total. The molecule has 0 aromatic rings. The van der Waals surface area contributed by atoms with Crippen molar-refractivity contribution in [2.45, 2.75) is 37.9 Å². The van der Waals surface area contributed by atoms with Crippen LogP contribution in [0.1, 0.15) is 19.8 Å². The van der Waals surface area contributed by atoms with Crippen LogP contribution in [-0.2, 0) is 9.59 Å². The molecule has 0 spiro atoms. The molecule has 2 amide bonds. The molecule has 0 saturated carbocycles. The molecule has 0 radical (unpaired) electrons. The van der Waals surface area contributed by atoms with Crippen molar-refractivity contribution in [3.05, 3.63) is 0 Å². The fraction of sp³-hybridized carbons (Fsp3) is 0.800. The predicted molar refractivity (Wildman–Crippen MR) is 54.4 cm³/mol. The summed E-state index contributed by atoms with van der Waals surface area (Å²) >= 11 is 0. The normalized spacial score (nSPS) is 18.3. The van der Waals surface area contributed by atoms with E-state index in [9.17, 15) is 31.5 Å². The van der Waals surface area contributed by atoms with Gasteiger partial charge in [0.25, 0.3) is 0 Å². The van der Waals surface area contributed by atoms with Crippen LogP contribution in [0.15, 0.2) is 0 Å². The summed E-state index contributed by atoms with van der Waals surface area (Å²) in [6.07, 6.45) is -5.60. The Morgan fingerprint density at radius 1 is 1.11 bits per heavy atom. The first-order chi connectivity index (χ1) is 8.55. The lowest BCUT2D eigenvalue weighted by Gasteiger charge is -2.32. The average Bonchev–Trinajstić information content (AvgIpc) is 2.28. The molecule has 0 unspecified atom stereocenters. The Hall–Kier alpha value is -1.41. The molecule has 1 aliphatic heterocycles. The van der Waals surface area contributed by atoms with Crippen molar-refractivity contribution in [2.75, 3.05) is 13.1 Å². The highest BCUT2D eigenvalue weighted by atomic mass is 19.4. The van der Waals surface area contributed by atoms with E-state index in [4.69, 9.17) is 0 Å². The van der Waals surface area contributed by atoms with Crippen LogP contribution in [0.3, 0.4) is 0 Å². The smallest absolute Gasteiger partial charge is 0.348 e. The monoisotopic (exact) mass is 288 g/mol. The molecular weight excluding hydrogens is 275 g/mol. The number of halogens is 5. The SMILES string of the molecule is CC(=O)N1CCC(NC(=O)C(F)(F)C(F)(F)F)CC1. The maximum atomic E-state index is 12.7. The molecule has 9 heteroatoms. The molecule has 1 N–H and O–H groups in total. The van der Waals surface area contributed by atoms with Gasteiger partial charge in [-0.15, -0.1) is 0 Å². The summed E-state index contributed by atoms with van der Waals surface area (Å²) in [7, 11) is 0. The molecule has 1 heterocycles. The Morgan fingerprint density at radius 3 is 1.95 bits per heavy atom. The Labute approximate surface area is 105 Å². The first-order valence-electron chi connectivity index (χ1n) is 5.56. The summed E-state index contributed by atoms with van der Waals surface area (Å²) < 4.78 is 61.2. The number of hydrogen-bond acceptors (Lipinski definition) is 2. The van der Waals surface area contributed by atoms with E-state index in [0.29, 0.717) is 0 Å².